The summed E-state index contributed by atoms with van der Waals surface area (Å²) in [5.41, 5.74) is 0.706. The van der Waals surface area contributed by atoms with Crippen LogP contribution in [0.4, 0.5) is 4.79 Å². The number of halogens is 2. The number of alkyl carbamates (subject to hydrolysis) is 1. The number of ether oxygens (including phenoxy) is 1. The Balaban J connectivity index is 2.39. The maximum atomic E-state index is 10.9. The van der Waals surface area contributed by atoms with Crippen LogP contribution in [0.1, 0.15) is 11.6 Å². The van der Waals surface area contributed by atoms with E-state index in [1.807, 2.05) is 12.1 Å². The van der Waals surface area contributed by atoms with Crippen molar-refractivity contribution in [1.29, 1.82) is 0 Å². The zero-order valence-electron chi connectivity index (χ0n) is 7.46. The van der Waals surface area contributed by atoms with E-state index in [-0.39, 0.29) is 18.4 Å². The van der Waals surface area contributed by atoms with E-state index in [0.29, 0.717) is 5.56 Å². The molecule has 4 nitrogen and oxygen atoms in total. The zero-order chi connectivity index (χ0) is 11.0. The quantitative estimate of drug-likeness (QED) is 0.672. The maximum absolute atomic E-state index is 10.9. The summed E-state index contributed by atoms with van der Waals surface area (Å²) in [6.45, 7) is 0.266. The van der Waals surface area contributed by atoms with E-state index < -0.39 is 6.09 Å². The fourth-order valence-electron chi connectivity index (χ4n) is 1.40. The molecule has 0 unspecified atom stereocenters. The van der Waals surface area contributed by atoms with Gasteiger partial charge in [-0.1, -0.05) is 0 Å². The number of nitrogens with one attached hydrogen (secondary N) is 1. The minimum Gasteiger partial charge on any atom is -0.506 e. The lowest BCUT2D eigenvalue weighted by molar-refractivity contribution is 0.177. The summed E-state index contributed by atoms with van der Waals surface area (Å²) >= 11 is 4.23. The molecule has 0 bridgehead atoms. The molecule has 1 heterocycles. The molecular weight excluding hydrogens is 424 g/mol. The first kappa shape index (κ1) is 11.2. The number of cyclic esters (lactones) is 1. The lowest BCUT2D eigenvalue weighted by Crippen LogP contribution is -2.18. The monoisotopic (exact) mass is 431 g/mol. The van der Waals surface area contributed by atoms with Crippen molar-refractivity contribution >= 4 is 51.3 Å². The summed E-state index contributed by atoms with van der Waals surface area (Å²) in [5, 5.41) is 12.5. The molecule has 1 amide bonds. The fraction of sp³-hybridized carbons (Fsp3) is 0.222. The van der Waals surface area contributed by atoms with Crippen LogP contribution >= 0.6 is 45.2 Å². The summed E-state index contributed by atoms with van der Waals surface area (Å²) in [5.74, 6) is 0.215. The van der Waals surface area contributed by atoms with Crippen molar-refractivity contribution in [2.45, 2.75) is 6.04 Å². The maximum Gasteiger partial charge on any atom is 0.407 e. The molecule has 1 aromatic carbocycles. The lowest BCUT2D eigenvalue weighted by Gasteiger charge is -2.11. The van der Waals surface area contributed by atoms with Crippen molar-refractivity contribution < 1.29 is 14.6 Å². The van der Waals surface area contributed by atoms with Gasteiger partial charge < -0.3 is 15.2 Å². The highest BCUT2D eigenvalue weighted by Gasteiger charge is 2.27. The highest BCUT2D eigenvalue weighted by Crippen LogP contribution is 2.32. The first-order chi connectivity index (χ1) is 7.08. The minimum absolute atomic E-state index is 0.215. The van der Waals surface area contributed by atoms with Crippen molar-refractivity contribution in [3.63, 3.8) is 0 Å². The molecule has 2 rings (SSSR count). The Morgan fingerprint density at radius 2 is 2.20 bits per heavy atom. The number of carbonyl (C=O) groups is 1. The number of amides is 1. The Kier molecular flexibility index (Phi) is 3.24. The number of rotatable bonds is 1. The van der Waals surface area contributed by atoms with Crippen LogP contribution in [0.3, 0.4) is 0 Å². The van der Waals surface area contributed by atoms with Crippen molar-refractivity contribution in [2.75, 3.05) is 6.61 Å². The van der Waals surface area contributed by atoms with Crippen LogP contribution in [-0.4, -0.2) is 17.8 Å². The highest BCUT2D eigenvalue weighted by atomic mass is 127. The van der Waals surface area contributed by atoms with Gasteiger partial charge in [0.1, 0.15) is 12.4 Å². The lowest BCUT2D eigenvalue weighted by atomic mass is 10.1. The molecule has 6 heteroatoms. The Labute approximate surface area is 114 Å². The second-order valence-corrected chi connectivity index (χ2v) is 5.53. The van der Waals surface area contributed by atoms with Gasteiger partial charge in [0.05, 0.1) is 9.61 Å². The second kappa shape index (κ2) is 4.32. The average molecular weight is 431 g/mol. The Bertz CT molecular complexity index is 422. The van der Waals surface area contributed by atoms with Crippen LogP contribution in [0, 0.1) is 7.14 Å². The molecule has 1 fully saturated rings. The molecule has 0 radical (unpaired) electrons. The zero-order valence-corrected chi connectivity index (χ0v) is 11.8. The van der Waals surface area contributed by atoms with Crippen LogP contribution in [0.5, 0.6) is 5.75 Å². The standard InChI is InChI=1S/C9H7I2NO3/c10-4-1-5(8(13)6(11)2-4)7-3-15-9(14)12-7/h1-2,7,13H,3H2,(H,12,14)/t7-/m1/s1. The third-order valence-electron chi connectivity index (χ3n) is 2.11. The molecule has 0 aromatic heterocycles. The normalized spacial score (nSPS) is 19.9. The van der Waals surface area contributed by atoms with Crippen LogP contribution in [0.25, 0.3) is 0 Å². The molecule has 0 saturated carbocycles. The molecule has 1 aliphatic heterocycles. The molecule has 1 atom stereocenters. The van der Waals surface area contributed by atoms with E-state index >= 15 is 0 Å². The number of hydrogen-bond acceptors (Lipinski definition) is 3. The van der Waals surface area contributed by atoms with Gasteiger partial charge in [-0.2, -0.15) is 0 Å². The molecule has 2 N–H and O–H groups in total. The van der Waals surface area contributed by atoms with E-state index in [0.717, 1.165) is 7.14 Å². The van der Waals surface area contributed by atoms with Gasteiger partial charge in [0.2, 0.25) is 0 Å². The van der Waals surface area contributed by atoms with Crippen molar-refractivity contribution in [3.05, 3.63) is 24.8 Å². The van der Waals surface area contributed by atoms with Crippen LogP contribution in [-0.2, 0) is 4.74 Å². The molecule has 80 valence electrons. The summed E-state index contributed by atoms with van der Waals surface area (Å²) in [7, 11) is 0. The molecule has 0 spiro atoms. The highest BCUT2D eigenvalue weighted by molar-refractivity contribution is 14.1. The van der Waals surface area contributed by atoms with Gasteiger partial charge in [0, 0.05) is 9.13 Å². The van der Waals surface area contributed by atoms with Crippen LogP contribution in [0.15, 0.2) is 12.1 Å². The smallest absolute Gasteiger partial charge is 0.407 e. The van der Waals surface area contributed by atoms with Gasteiger partial charge in [0.25, 0.3) is 0 Å². The van der Waals surface area contributed by atoms with Gasteiger partial charge in [-0.15, -0.1) is 0 Å². The third kappa shape index (κ3) is 2.30. The Hall–Kier alpha value is -0.250. The summed E-state index contributed by atoms with van der Waals surface area (Å²) in [6.07, 6.45) is -0.437. The van der Waals surface area contributed by atoms with E-state index in [1.54, 1.807) is 0 Å². The number of hydrogen-bond donors (Lipinski definition) is 2. The van der Waals surface area contributed by atoms with Crippen molar-refractivity contribution in [1.82, 2.24) is 5.32 Å². The first-order valence-electron chi connectivity index (χ1n) is 4.19. The molecule has 1 aliphatic rings. The summed E-state index contributed by atoms with van der Waals surface area (Å²) in [6, 6.07) is 3.47. The van der Waals surface area contributed by atoms with E-state index in [1.165, 1.54) is 0 Å². The first-order valence-corrected chi connectivity index (χ1v) is 6.35. The third-order valence-corrected chi connectivity index (χ3v) is 3.55. The molecular formula is C9H7I2NO3. The predicted molar refractivity (Wildman–Crippen MR) is 70.8 cm³/mol. The van der Waals surface area contributed by atoms with Gasteiger partial charge in [-0.25, -0.2) is 4.79 Å². The van der Waals surface area contributed by atoms with E-state index in [2.05, 4.69) is 50.5 Å². The van der Waals surface area contributed by atoms with Gasteiger partial charge >= 0.3 is 6.09 Å². The SMILES string of the molecule is O=C1N[C@@H](c2cc(I)cc(I)c2O)CO1. The van der Waals surface area contributed by atoms with Crippen LogP contribution < -0.4 is 5.32 Å². The van der Waals surface area contributed by atoms with Crippen LogP contribution in [0.2, 0.25) is 0 Å². The summed E-state index contributed by atoms with van der Waals surface area (Å²) < 4.78 is 6.58. The van der Waals surface area contributed by atoms with Crippen molar-refractivity contribution in [3.8, 4) is 5.75 Å². The molecule has 1 aromatic rings. The second-order valence-electron chi connectivity index (χ2n) is 3.12. The minimum atomic E-state index is -0.437. The Morgan fingerprint density at radius 1 is 1.47 bits per heavy atom. The number of carbonyl (C=O) groups excluding carboxylic acids is 1. The van der Waals surface area contributed by atoms with E-state index in [9.17, 15) is 9.90 Å². The van der Waals surface area contributed by atoms with Gasteiger partial charge in [0.15, 0.2) is 0 Å². The topological polar surface area (TPSA) is 58.6 Å². The molecule has 1 saturated heterocycles. The van der Waals surface area contributed by atoms with Crippen molar-refractivity contribution in [2.24, 2.45) is 0 Å². The summed E-state index contributed by atoms with van der Waals surface area (Å²) in [4.78, 5) is 10.9. The number of benzene rings is 1. The van der Waals surface area contributed by atoms with Gasteiger partial charge in [-0.05, 0) is 57.3 Å². The Morgan fingerprint density at radius 3 is 2.80 bits per heavy atom. The largest absolute Gasteiger partial charge is 0.506 e. The fourth-order valence-corrected chi connectivity index (χ4v) is 3.29. The molecule has 15 heavy (non-hydrogen) atoms. The average Bonchev–Trinajstić information content (AvgIpc) is 2.58. The molecule has 0 aliphatic carbocycles. The number of phenols is 1. The predicted octanol–water partition coefficient (Wildman–Crippen LogP) is 2.38. The number of phenolic OH excluding ortho intramolecular Hbond substituents is 1. The van der Waals surface area contributed by atoms with Gasteiger partial charge in [-0.3, -0.25) is 0 Å². The van der Waals surface area contributed by atoms with E-state index in [4.69, 9.17) is 4.74 Å². The number of aromatic hydroxyl groups is 1.